The first-order valence-electron chi connectivity index (χ1n) is 6.38. The van der Waals surface area contributed by atoms with Crippen LogP contribution in [0.15, 0.2) is 30.0 Å². The molecular formula is C13H16F3N5O2. The molecule has 0 saturated carbocycles. The van der Waals surface area contributed by atoms with Crippen LogP contribution >= 0.6 is 0 Å². The SMILES string of the molecule is CC(C)(C)OC(=O)N/C(C=N)=C(/Nc1cnccn1)C(F)(F)F. The van der Waals surface area contributed by atoms with Crippen molar-refractivity contribution in [3.8, 4) is 0 Å². The highest BCUT2D eigenvalue weighted by atomic mass is 19.4. The van der Waals surface area contributed by atoms with Gasteiger partial charge in [-0.3, -0.25) is 10.3 Å². The van der Waals surface area contributed by atoms with E-state index in [-0.39, 0.29) is 5.82 Å². The van der Waals surface area contributed by atoms with Crippen molar-refractivity contribution >= 4 is 18.1 Å². The van der Waals surface area contributed by atoms with Gasteiger partial charge in [-0.05, 0) is 20.8 Å². The molecule has 0 aliphatic heterocycles. The maximum absolute atomic E-state index is 13.2. The van der Waals surface area contributed by atoms with Gasteiger partial charge in [0.1, 0.15) is 17.1 Å². The van der Waals surface area contributed by atoms with Crippen molar-refractivity contribution in [2.45, 2.75) is 32.5 Å². The number of amides is 1. The number of nitrogens with one attached hydrogen (secondary N) is 3. The summed E-state index contributed by atoms with van der Waals surface area (Å²) in [4.78, 5) is 18.9. The van der Waals surface area contributed by atoms with E-state index in [1.165, 1.54) is 12.4 Å². The van der Waals surface area contributed by atoms with E-state index in [2.05, 4.69) is 9.97 Å². The molecule has 0 atom stereocenters. The molecule has 1 amide bonds. The van der Waals surface area contributed by atoms with Crippen LogP contribution in [0.3, 0.4) is 0 Å². The maximum atomic E-state index is 13.2. The van der Waals surface area contributed by atoms with Gasteiger partial charge in [-0.2, -0.15) is 13.2 Å². The molecule has 1 heterocycles. The zero-order valence-electron chi connectivity index (χ0n) is 12.7. The van der Waals surface area contributed by atoms with Crippen LogP contribution in [-0.4, -0.2) is 34.1 Å². The van der Waals surface area contributed by atoms with Gasteiger partial charge in [0.25, 0.3) is 0 Å². The Balaban J connectivity index is 3.11. The number of ether oxygens (including phenoxy) is 1. The average molecular weight is 331 g/mol. The summed E-state index contributed by atoms with van der Waals surface area (Å²) >= 11 is 0. The van der Waals surface area contributed by atoms with Gasteiger partial charge in [-0.1, -0.05) is 0 Å². The van der Waals surface area contributed by atoms with E-state index in [1.54, 1.807) is 20.8 Å². The Kier molecular flexibility index (Phi) is 5.66. The van der Waals surface area contributed by atoms with E-state index in [0.717, 1.165) is 6.20 Å². The minimum atomic E-state index is -4.86. The predicted molar refractivity (Wildman–Crippen MR) is 76.9 cm³/mol. The highest BCUT2D eigenvalue weighted by molar-refractivity contribution is 5.85. The topological polar surface area (TPSA) is 100.0 Å². The van der Waals surface area contributed by atoms with E-state index in [1.807, 2.05) is 10.6 Å². The first-order chi connectivity index (χ1) is 10.5. The summed E-state index contributed by atoms with van der Waals surface area (Å²) in [5.74, 6) is -0.190. The van der Waals surface area contributed by atoms with Crippen molar-refractivity contribution in [1.82, 2.24) is 15.3 Å². The molecule has 1 aromatic rings. The summed E-state index contributed by atoms with van der Waals surface area (Å²) in [5, 5.41) is 11.0. The average Bonchev–Trinajstić information content (AvgIpc) is 2.40. The summed E-state index contributed by atoms with van der Waals surface area (Å²) in [6, 6.07) is 0. The van der Waals surface area contributed by atoms with Gasteiger partial charge in [-0.25, -0.2) is 9.78 Å². The third-order valence-corrected chi connectivity index (χ3v) is 2.15. The monoisotopic (exact) mass is 331 g/mol. The third kappa shape index (κ3) is 6.32. The Morgan fingerprint density at radius 2 is 1.96 bits per heavy atom. The minimum absolute atomic E-state index is 0.190. The van der Waals surface area contributed by atoms with Crippen LogP contribution in [0.5, 0.6) is 0 Å². The lowest BCUT2D eigenvalue weighted by atomic mass is 10.2. The second kappa shape index (κ2) is 7.07. The van der Waals surface area contributed by atoms with Crippen molar-refractivity contribution in [2.24, 2.45) is 0 Å². The zero-order valence-corrected chi connectivity index (χ0v) is 12.7. The van der Waals surface area contributed by atoms with Crippen LogP contribution in [-0.2, 0) is 4.74 Å². The van der Waals surface area contributed by atoms with Crippen molar-refractivity contribution in [3.05, 3.63) is 30.0 Å². The molecular weight excluding hydrogens is 315 g/mol. The Morgan fingerprint density at radius 3 is 2.39 bits per heavy atom. The standard InChI is InChI=1S/C13H16F3N5O2/c1-12(2,3)23-11(22)20-8(6-17)10(13(14,15)16)21-9-7-18-4-5-19-9/h4-7,17H,1-3H3,(H,19,21)(H,20,22)/b10-8+,17-6?. The second-order valence-corrected chi connectivity index (χ2v) is 5.27. The van der Waals surface area contributed by atoms with Crippen LogP contribution < -0.4 is 10.6 Å². The largest absolute Gasteiger partial charge is 0.444 e. The summed E-state index contributed by atoms with van der Waals surface area (Å²) in [6.45, 7) is 4.68. The van der Waals surface area contributed by atoms with E-state index in [9.17, 15) is 18.0 Å². The van der Waals surface area contributed by atoms with Gasteiger partial charge in [0.2, 0.25) is 0 Å². The van der Waals surface area contributed by atoms with Crippen LogP contribution in [0, 0.1) is 5.41 Å². The smallest absolute Gasteiger partial charge is 0.433 e. The number of halogens is 3. The molecule has 0 fully saturated rings. The Labute approximate surface area is 130 Å². The molecule has 1 aromatic heterocycles. The number of hydrogen-bond acceptors (Lipinski definition) is 6. The summed E-state index contributed by atoms with van der Waals surface area (Å²) in [7, 11) is 0. The van der Waals surface area contributed by atoms with Crippen LogP contribution in [0.25, 0.3) is 0 Å². The Hall–Kier alpha value is -2.65. The summed E-state index contributed by atoms with van der Waals surface area (Å²) < 4.78 is 44.4. The van der Waals surface area contributed by atoms with Crippen molar-refractivity contribution in [1.29, 1.82) is 5.41 Å². The number of carbonyl (C=O) groups is 1. The van der Waals surface area contributed by atoms with E-state index in [0.29, 0.717) is 6.21 Å². The van der Waals surface area contributed by atoms with Gasteiger partial charge in [0.05, 0.1) is 11.9 Å². The summed E-state index contributed by atoms with van der Waals surface area (Å²) in [6.07, 6.45) is -2.06. The normalized spacial score (nSPS) is 13.0. The van der Waals surface area contributed by atoms with Gasteiger partial charge in [-0.15, -0.1) is 0 Å². The number of alkyl carbamates (subject to hydrolysis) is 1. The quantitative estimate of drug-likeness (QED) is 0.737. The molecule has 0 radical (unpaired) electrons. The molecule has 23 heavy (non-hydrogen) atoms. The second-order valence-electron chi connectivity index (χ2n) is 5.27. The molecule has 0 spiro atoms. The molecule has 0 aromatic carbocycles. The van der Waals surface area contributed by atoms with E-state index >= 15 is 0 Å². The van der Waals surface area contributed by atoms with E-state index in [4.69, 9.17) is 10.1 Å². The number of rotatable bonds is 4. The Morgan fingerprint density at radius 1 is 1.30 bits per heavy atom. The number of hydrogen-bond donors (Lipinski definition) is 3. The fourth-order valence-electron chi connectivity index (χ4n) is 1.37. The molecule has 10 heteroatoms. The van der Waals surface area contributed by atoms with Crippen molar-refractivity contribution < 1.29 is 22.7 Å². The zero-order chi connectivity index (χ0) is 17.7. The number of allylic oxidation sites excluding steroid dienone is 2. The van der Waals surface area contributed by atoms with Gasteiger partial charge in [0, 0.05) is 18.6 Å². The van der Waals surface area contributed by atoms with Crippen LogP contribution in [0.1, 0.15) is 20.8 Å². The number of aromatic nitrogens is 2. The lowest BCUT2D eigenvalue weighted by Crippen LogP contribution is -2.35. The van der Waals surface area contributed by atoms with Crippen LogP contribution in [0.2, 0.25) is 0 Å². The lowest BCUT2D eigenvalue weighted by molar-refractivity contribution is -0.0910. The number of carbonyl (C=O) groups excluding carboxylic acids is 1. The lowest BCUT2D eigenvalue weighted by Gasteiger charge is -2.21. The highest BCUT2D eigenvalue weighted by Gasteiger charge is 2.37. The first-order valence-corrected chi connectivity index (χ1v) is 6.38. The fraction of sp³-hybridized carbons (Fsp3) is 0.385. The van der Waals surface area contributed by atoms with Gasteiger partial charge < -0.3 is 15.5 Å². The molecule has 0 unspecified atom stereocenters. The summed E-state index contributed by atoms with van der Waals surface area (Å²) in [5.41, 5.74) is -3.07. The van der Waals surface area contributed by atoms with Gasteiger partial charge >= 0.3 is 12.3 Å². The maximum Gasteiger partial charge on any atom is 0.433 e. The molecule has 126 valence electrons. The predicted octanol–water partition coefficient (Wildman–Crippen LogP) is 2.84. The van der Waals surface area contributed by atoms with Gasteiger partial charge in [0.15, 0.2) is 0 Å². The third-order valence-electron chi connectivity index (χ3n) is 2.15. The molecule has 0 saturated heterocycles. The van der Waals surface area contributed by atoms with Crippen molar-refractivity contribution in [3.63, 3.8) is 0 Å². The molecule has 0 aliphatic carbocycles. The number of nitrogens with zero attached hydrogens (tertiary/aromatic N) is 2. The molecule has 1 rings (SSSR count). The number of anilines is 1. The van der Waals surface area contributed by atoms with E-state index < -0.39 is 29.3 Å². The molecule has 0 aliphatic rings. The first kappa shape index (κ1) is 18.4. The Bertz CT molecular complexity index is 594. The highest BCUT2D eigenvalue weighted by Crippen LogP contribution is 2.28. The molecule has 3 N–H and O–H groups in total. The van der Waals surface area contributed by atoms with Crippen molar-refractivity contribution in [2.75, 3.05) is 5.32 Å². The molecule has 0 bridgehead atoms. The minimum Gasteiger partial charge on any atom is -0.444 e. The number of alkyl halides is 3. The van der Waals surface area contributed by atoms with Crippen LogP contribution in [0.4, 0.5) is 23.8 Å². The fourth-order valence-corrected chi connectivity index (χ4v) is 1.37. The molecule has 7 nitrogen and oxygen atoms in total.